The lowest BCUT2D eigenvalue weighted by Crippen LogP contribution is -2.55. The highest BCUT2D eigenvalue weighted by Crippen LogP contribution is 2.68. The van der Waals surface area contributed by atoms with Crippen LogP contribution < -0.4 is 0 Å². The lowest BCUT2D eigenvalue weighted by Gasteiger charge is -2.61. The molecule has 4 saturated carbocycles. The van der Waals surface area contributed by atoms with E-state index in [0.717, 1.165) is 37.0 Å². The van der Waals surface area contributed by atoms with Gasteiger partial charge >= 0.3 is 0 Å². The van der Waals surface area contributed by atoms with Crippen molar-refractivity contribution >= 4 is 5.78 Å². The summed E-state index contributed by atoms with van der Waals surface area (Å²) in [6, 6.07) is 0. The first kappa shape index (κ1) is 17.1. The molecule has 4 unspecified atom stereocenters. The minimum absolute atomic E-state index is 0.274. The van der Waals surface area contributed by atoms with E-state index in [2.05, 4.69) is 13.8 Å². The third-order valence-electron chi connectivity index (χ3n) is 9.44. The lowest BCUT2D eigenvalue weighted by atomic mass is 9.44. The minimum atomic E-state index is -0.437. The first-order chi connectivity index (χ1) is 11.2. The maximum absolute atomic E-state index is 12.2. The van der Waals surface area contributed by atoms with Crippen LogP contribution in [0, 0.1) is 40.4 Å². The zero-order chi connectivity index (χ0) is 17.3. The summed E-state index contributed by atoms with van der Waals surface area (Å²) in [4.78, 5) is 12.2. The van der Waals surface area contributed by atoms with Crippen molar-refractivity contribution in [3.63, 3.8) is 0 Å². The van der Waals surface area contributed by atoms with Crippen molar-refractivity contribution in [2.45, 2.75) is 91.1 Å². The predicted octanol–water partition coefficient (Wildman–Crippen LogP) is 4.99. The summed E-state index contributed by atoms with van der Waals surface area (Å²) in [5, 5.41) is 10.6. The molecule has 2 nitrogen and oxygen atoms in total. The number of hydrogen-bond acceptors (Lipinski definition) is 2. The summed E-state index contributed by atoms with van der Waals surface area (Å²) < 4.78 is 0. The van der Waals surface area contributed by atoms with Crippen molar-refractivity contribution in [2.24, 2.45) is 40.4 Å². The first-order valence-electron chi connectivity index (χ1n) is 10.4. The summed E-state index contributed by atoms with van der Waals surface area (Å²) in [6.07, 6.45) is 10.8. The highest BCUT2D eigenvalue weighted by molar-refractivity contribution is 5.79. The van der Waals surface area contributed by atoms with Gasteiger partial charge in [0.25, 0.3) is 0 Å². The highest BCUT2D eigenvalue weighted by atomic mass is 16.3. The summed E-state index contributed by atoms with van der Waals surface area (Å²) in [5.41, 5.74) is 0.268. The van der Waals surface area contributed by atoms with Crippen LogP contribution in [-0.2, 0) is 4.79 Å². The van der Waals surface area contributed by atoms with E-state index in [-0.39, 0.29) is 5.41 Å². The summed E-state index contributed by atoms with van der Waals surface area (Å²) in [5.74, 6) is 3.89. The van der Waals surface area contributed by atoms with E-state index in [1.165, 1.54) is 38.5 Å². The van der Waals surface area contributed by atoms with Gasteiger partial charge in [0, 0.05) is 5.92 Å². The van der Waals surface area contributed by atoms with Gasteiger partial charge in [0.1, 0.15) is 5.78 Å². The fourth-order valence-corrected chi connectivity index (χ4v) is 8.10. The molecule has 4 aliphatic rings. The molecular formula is C22H36O2. The molecule has 0 aromatic rings. The molecule has 0 amide bonds. The average Bonchev–Trinajstić information content (AvgIpc) is 2.85. The second kappa shape index (κ2) is 5.32. The van der Waals surface area contributed by atoms with E-state index in [1.807, 2.05) is 13.8 Å². The van der Waals surface area contributed by atoms with Gasteiger partial charge in [-0.1, -0.05) is 13.8 Å². The Kier molecular flexibility index (Phi) is 3.78. The normalized spacial score (nSPS) is 57.0. The molecule has 0 aromatic carbocycles. The zero-order valence-corrected chi connectivity index (χ0v) is 16.1. The summed E-state index contributed by atoms with van der Waals surface area (Å²) in [7, 11) is 0. The van der Waals surface area contributed by atoms with E-state index >= 15 is 0 Å². The number of carbonyl (C=O) groups is 1. The second-order valence-electron chi connectivity index (χ2n) is 10.6. The van der Waals surface area contributed by atoms with Crippen molar-refractivity contribution in [1.29, 1.82) is 0 Å². The van der Waals surface area contributed by atoms with Crippen LogP contribution in [-0.4, -0.2) is 16.5 Å². The standard InChI is InChI=1S/C22H36O2/c1-14(23)17-7-8-18-16-6-5-15-13-20(2,24)11-12-21(15,3)19(16)9-10-22(17,18)4/h15-19,24H,5-13H2,1-4H3/t15-,16?,17?,18?,19?,20+,21-,22+/m0/s1. The van der Waals surface area contributed by atoms with Gasteiger partial charge in [-0.3, -0.25) is 4.79 Å². The molecule has 2 heteroatoms. The number of ketones is 1. The van der Waals surface area contributed by atoms with Crippen molar-refractivity contribution in [3.8, 4) is 0 Å². The van der Waals surface area contributed by atoms with Crippen LogP contribution in [0.1, 0.15) is 85.5 Å². The number of aliphatic hydroxyl groups is 1. The predicted molar refractivity (Wildman–Crippen MR) is 96.5 cm³/mol. The van der Waals surface area contributed by atoms with E-state index in [0.29, 0.717) is 23.0 Å². The quantitative estimate of drug-likeness (QED) is 0.735. The van der Waals surface area contributed by atoms with Crippen LogP contribution in [0.2, 0.25) is 0 Å². The van der Waals surface area contributed by atoms with Gasteiger partial charge in [0.15, 0.2) is 0 Å². The molecule has 4 rings (SSSR count). The third-order valence-corrected chi connectivity index (χ3v) is 9.44. The van der Waals surface area contributed by atoms with Crippen LogP contribution in [0.25, 0.3) is 0 Å². The molecule has 8 atom stereocenters. The Labute approximate surface area is 147 Å². The van der Waals surface area contributed by atoms with Crippen LogP contribution in [0.4, 0.5) is 0 Å². The Bertz CT molecular complexity index is 538. The molecule has 24 heavy (non-hydrogen) atoms. The van der Waals surface area contributed by atoms with E-state index in [9.17, 15) is 9.90 Å². The maximum atomic E-state index is 12.2. The Balaban J connectivity index is 1.61. The molecule has 0 saturated heterocycles. The molecule has 0 spiro atoms. The van der Waals surface area contributed by atoms with Gasteiger partial charge in [-0.15, -0.1) is 0 Å². The summed E-state index contributed by atoms with van der Waals surface area (Å²) in [6.45, 7) is 8.85. The van der Waals surface area contributed by atoms with Crippen molar-refractivity contribution in [1.82, 2.24) is 0 Å². The molecule has 0 radical (unpaired) electrons. The molecule has 4 aliphatic carbocycles. The zero-order valence-electron chi connectivity index (χ0n) is 16.1. The van der Waals surface area contributed by atoms with Crippen LogP contribution in [0.15, 0.2) is 0 Å². The van der Waals surface area contributed by atoms with Crippen molar-refractivity contribution in [2.75, 3.05) is 0 Å². The van der Waals surface area contributed by atoms with Crippen LogP contribution >= 0.6 is 0 Å². The van der Waals surface area contributed by atoms with Crippen molar-refractivity contribution < 1.29 is 9.90 Å². The monoisotopic (exact) mass is 332 g/mol. The Hall–Kier alpha value is -0.370. The molecule has 1 N–H and O–H groups in total. The molecule has 0 aromatic heterocycles. The Morgan fingerprint density at radius 1 is 0.875 bits per heavy atom. The Morgan fingerprint density at radius 3 is 2.29 bits per heavy atom. The van der Waals surface area contributed by atoms with Gasteiger partial charge in [0.2, 0.25) is 0 Å². The largest absolute Gasteiger partial charge is 0.390 e. The second-order valence-corrected chi connectivity index (χ2v) is 10.6. The smallest absolute Gasteiger partial charge is 0.133 e. The molecule has 0 bridgehead atoms. The minimum Gasteiger partial charge on any atom is -0.390 e. The van der Waals surface area contributed by atoms with Crippen LogP contribution in [0.5, 0.6) is 0 Å². The molecule has 0 heterocycles. The van der Waals surface area contributed by atoms with Crippen molar-refractivity contribution in [3.05, 3.63) is 0 Å². The van der Waals surface area contributed by atoms with Gasteiger partial charge in [0.05, 0.1) is 5.60 Å². The fraction of sp³-hybridized carbons (Fsp3) is 0.955. The van der Waals surface area contributed by atoms with Crippen LogP contribution in [0.3, 0.4) is 0 Å². The number of carbonyl (C=O) groups excluding carboxylic acids is 1. The van der Waals surface area contributed by atoms with Gasteiger partial charge in [-0.25, -0.2) is 0 Å². The average molecular weight is 333 g/mol. The third kappa shape index (κ3) is 2.27. The fourth-order valence-electron chi connectivity index (χ4n) is 8.10. The summed E-state index contributed by atoms with van der Waals surface area (Å²) >= 11 is 0. The SMILES string of the molecule is CC(=O)C1CCC2C3CC[C@H]4C[C@](C)(O)CC[C@]4(C)C3CC[C@]12C. The lowest BCUT2D eigenvalue weighted by molar-refractivity contribution is -0.150. The van der Waals surface area contributed by atoms with Gasteiger partial charge in [-0.2, -0.15) is 0 Å². The highest BCUT2D eigenvalue weighted by Gasteiger charge is 2.61. The maximum Gasteiger partial charge on any atom is 0.133 e. The topological polar surface area (TPSA) is 37.3 Å². The number of rotatable bonds is 1. The van der Waals surface area contributed by atoms with E-state index in [4.69, 9.17) is 0 Å². The number of fused-ring (bicyclic) bond motifs is 5. The molecule has 136 valence electrons. The molecular weight excluding hydrogens is 296 g/mol. The van der Waals surface area contributed by atoms with Gasteiger partial charge < -0.3 is 5.11 Å². The number of Topliss-reactive ketones (excluding diaryl/α,β-unsaturated/α-hetero) is 1. The van der Waals surface area contributed by atoms with E-state index < -0.39 is 5.60 Å². The number of hydrogen-bond donors (Lipinski definition) is 1. The first-order valence-corrected chi connectivity index (χ1v) is 10.4. The molecule has 0 aliphatic heterocycles. The van der Waals surface area contributed by atoms with E-state index in [1.54, 1.807) is 0 Å². The van der Waals surface area contributed by atoms with Gasteiger partial charge in [-0.05, 0) is 106 Å². The Morgan fingerprint density at radius 2 is 1.58 bits per heavy atom. The molecule has 4 fully saturated rings.